The summed E-state index contributed by atoms with van der Waals surface area (Å²) >= 11 is 0. The van der Waals surface area contributed by atoms with E-state index < -0.39 is 0 Å². The number of benzene rings is 1. The molecule has 0 saturated carbocycles. The van der Waals surface area contributed by atoms with E-state index in [9.17, 15) is 0 Å². The molecule has 0 amide bonds. The van der Waals surface area contributed by atoms with Crippen LogP contribution in [-0.4, -0.2) is 9.97 Å². The van der Waals surface area contributed by atoms with Crippen LogP contribution in [0.15, 0.2) is 24.3 Å². The molecular weight excluding hydrogens is 262 g/mol. The van der Waals surface area contributed by atoms with Gasteiger partial charge in [0.2, 0.25) is 0 Å². The first-order chi connectivity index (χ1) is 10.0. The van der Waals surface area contributed by atoms with Gasteiger partial charge in [-0.2, -0.15) is 5.26 Å². The first-order valence-electron chi connectivity index (χ1n) is 6.88. The van der Waals surface area contributed by atoms with Gasteiger partial charge in [-0.3, -0.25) is 0 Å². The summed E-state index contributed by atoms with van der Waals surface area (Å²) in [6, 6.07) is 9.84. The number of nitrogen functional groups attached to an aromatic ring is 1. The highest BCUT2D eigenvalue weighted by Crippen LogP contribution is 2.24. The van der Waals surface area contributed by atoms with Gasteiger partial charge in [0.05, 0.1) is 12.5 Å². The molecule has 0 atom stereocenters. The molecule has 3 N–H and O–H groups in total. The van der Waals surface area contributed by atoms with Gasteiger partial charge in [0.1, 0.15) is 17.5 Å². The molecule has 108 valence electrons. The fourth-order valence-corrected chi connectivity index (χ4v) is 1.87. The number of nitrogens with two attached hydrogens (primary N) is 1. The molecule has 0 fully saturated rings. The molecule has 0 aliphatic heterocycles. The molecule has 0 aliphatic rings. The van der Waals surface area contributed by atoms with Crippen molar-refractivity contribution in [2.75, 3.05) is 11.1 Å². The van der Waals surface area contributed by atoms with E-state index in [1.807, 2.05) is 45.0 Å². The Hall–Kier alpha value is -2.61. The third kappa shape index (κ3) is 3.48. The standard InChI is InChI=1S/C16H19N5/c1-10(2)15-20-14(18)11(3)16(21-15)19-13-6-4-12(5-7-13)8-9-17/h4-7,10H,8H2,1-3H3,(H3,18,19,20,21). The second-order valence-electron chi connectivity index (χ2n) is 5.25. The van der Waals surface area contributed by atoms with Gasteiger partial charge in [-0.1, -0.05) is 26.0 Å². The number of rotatable bonds is 4. The SMILES string of the molecule is Cc1c(N)nc(C(C)C)nc1Nc1ccc(CC#N)cc1. The number of hydrogen-bond acceptors (Lipinski definition) is 5. The van der Waals surface area contributed by atoms with Crippen LogP contribution < -0.4 is 11.1 Å². The third-order valence-corrected chi connectivity index (χ3v) is 3.22. The minimum absolute atomic E-state index is 0.214. The summed E-state index contributed by atoms with van der Waals surface area (Å²) in [6.07, 6.45) is 0.414. The summed E-state index contributed by atoms with van der Waals surface area (Å²) in [4.78, 5) is 8.84. The Bertz CT molecular complexity index is 668. The molecular formula is C16H19N5. The Morgan fingerprint density at radius 2 is 1.90 bits per heavy atom. The predicted octanol–water partition coefficient (Wildman–Crippen LogP) is 3.30. The normalized spacial score (nSPS) is 10.4. The molecule has 1 aromatic heterocycles. The molecule has 5 heteroatoms. The van der Waals surface area contributed by atoms with Crippen molar-refractivity contribution in [1.29, 1.82) is 5.26 Å². The second-order valence-corrected chi connectivity index (χ2v) is 5.25. The average Bonchev–Trinajstić information content (AvgIpc) is 2.45. The molecule has 1 heterocycles. The Labute approximate surface area is 124 Å². The molecule has 21 heavy (non-hydrogen) atoms. The Balaban J connectivity index is 2.28. The first kappa shape index (κ1) is 14.8. The minimum atomic E-state index is 0.214. The van der Waals surface area contributed by atoms with Crippen LogP contribution in [0.4, 0.5) is 17.3 Å². The van der Waals surface area contributed by atoms with E-state index in [1.165, 1.54) is 0 Å². The van der Waals surface area contributed by atoms with Crippen molar-refractivity contribution in [2.45, 2.75) is 33.1 Å². The molecule has 1 aromatic carbocycles. The van der Waals surface area contributed by atoms with E-state index in [0.29, 0.717) is 12.2 Å². The number of nitrogens with zero attached hydrogens (tertiary/aromatic N) is 3. The zero-order valence-electron chi connectivity index (χ0n) is 12.5. The van der Waals surface area contributed by atoms with Gasteiger partial charge in [0.15, 0.2) is 0 Å². The van der Waals surface area contributed by atoms with Crippen LogP contribution in [-0.2, 0) is 6.42 Å². The van der Waals surface area contributed by atoms with E-state index in [2.05, 4.69) is 21.4 Å². The largest absolute Gasteiger partial charge is 0.383 e. The van der Waals surface area contributed by atoms with Gasteiger partial charge in [-0.05, 0) is 24.6 Å². The van der Waals surface area contributed by atoms with E-state index in [-0.39, 0.29) is 5.92 Å². The van der Waals surface area contributed by atoms with Crippen LogP contribution in [0.5, 0.6) is 0 Å². The van der Waals surface area contributed by atoms with Gasteiger partial charge in [0, 0.05) is 17.2 Å². The monoisotopic (exact) mass is 281 g/mol. The van der Waals surface area contributed by atoms with Gasteiger partial charge < -0.3 is 11.1 Å². The maximum atomic E-state index is 8.68. The lowest BCUT2D eigenvalue weighted by Gasteiger charge is -2.13. The zero-order valence-corrected chi connectivity index (χ0v) is 12.5. The van der Waals surface area contributed by atoms with Crippen molar-refractivity contribution in [1.82, 2.24) is 9.97 Å². The van der Waals surface area contributed by atoms with Crippen LogP contribution in [0.2, 0.25) is 0 Å². The molecule has 2 aromatic rings. The zero-order chi connectivity index (χ0) is 15.4. The molecule has 0 unspecified atom stereocenters. The lowest BCUT2D eigenvalue weighted by molar-refractivity contribution is 0.776. The van der Waals surface area contributed by atoms with E-state index >= 15 is 0 Å². The highest BCUT2D eigenvalue weighted by atomic mass is 15.1. The summed E-state index contributed by atoms with van der Waals surface area (Å²) in [5.41, 5.74) is 8.68. The predicted molar refractivity (Wildman–Crippen MR) is 84.3 cm³/mol. The average molecular weight is 281 g/mol. The molecule has 0 bridgehead atoms. The second kappa shape index (κ2) is 6.23. The molecule has 2 rings (SSSR count). The smallest absolute Gasteiger partial charge is 0.139 e. The molecule has 0 saturated heterocycles. The van der Waals surface area contributed by atoms with Gasteiger partial charge in [-0.25, -0.2) is 9.97 Å². The quantitative estimate of drug-likeness (QED) is 0.897. The fourth-order valence-electron chi connectivity index (χ4n) is 1.87. The van der Waals surface area contributed by atoms with Crippen molar-refractivity contribution < 1.29 is 0 Å². The number of anilines is 3. The summed E-state index contributed by atoms with van der Waals surface area (Å²) in [6.45, 7) is 5.96. The van der Waals surface area contributed by atoms with Gasteiger partial charge >= 0.3 is 0 Å². The highest BCUT2D eigenvalue weighted by Gasteiger charge is 2.11. The van der Waals surface area contributed by atoms with E-state index in [4.69, 9.17) is 11.0 Å². The van der Waals surface area contributed by atoms with Crippen molar-refractivity contribution in [3.63, 3.8) is 0 Å². The Kier molecular flexibility index (Phi) is 4.39. The Morgan fingerprint density at radius 3 is 2.48 bits per heavy atom. The topological polar surface area (TPSA) is 87.6 Å². The maximum Gasteiger partial charge on any atom is 0.139 e. The van der Waals surface area contributed by atoms with Gasteiger partial charge in [0.25, 0.3) is 0 Å². The molecule has 0 aliphatic carbocycles. The highest BCUT2D eigenvalue weighted by molar-refractivity contribution is 5.63. The van der Waals surface area contributed by atoms with Crippen molar-refractivity contribution in [3.05, 3.63) is 41.2 Å². The molecule has 0 spiro atoms. The lowest BCUT2D eigenvalue weighted by Crippen LogP contribution is -2.08. The summed E-state index contributed by atoms with van der Waals surface area (Å²) in [7, 11) is 0. The van der Waals surface area contributed by atoms with E-state index in [1.54, 1.807) is 0 Å². The summed E-state index contributed by atoms with van der Waals surface area (Å²) in [5.74, 6) is 2.16. The number of aromatic nitrogens is 2. The van der Waals surface area contributed by atoms with Gasteiger partial charge in [-0.15, -0.1) is 0 Å². The van der Waals surface area contributed by atoms with Crippen LogP contribution in [0.1, 0.15) is 36.7 Å². The van der Waals surface area contributed by atoms with Crippen LogP contribution in [0, 0.1) is 18.3 Å². The van der Waals surface area contributed by atoms with Crippen LogP contribution in [0.3, 0.4) is 0 Å². The first-order valence-corrected chi connectivity index (χ1v) is 6.88. The number of nitrogens with one attached hydrogen (secondary N) is 1. The van der Waals surface area contributed by atoms with Crippen molar-refractivity contribution in [3.8, 4) is 6.07 Å². The minimum Gasteiger partial charge on any atom is -0.383 e. The number of nitriles is 1. The van der Waals surface area contributed by atoms with Crippen molar-refractivity contribution >= 4 is 17.3 Å². The molecule has 0 radical (unpaired) electrons. The van der Waals surface area contributed by atoms with Crippen LogP contribution >= 0.6 is 0 Å². The fraction of sp³-hybridized carbons (Fsp3) is 0.312. The Morgan fingerprint density at radius 1 is 1.24 bits per heavy atom. The third-order valence-electron chi connectivity index (χ3n) is 3.22. The molecule has 5 nitrogen and oxygen atoms in total. The van der Waals surface area contributed by atoms with Crippen LogP contribution in [0.25, 0.3) is 0 Å². The lowest BCUT2D eigenvalue weighted by atomic mass is 10.1. The summed E-state index contributed by atoms with van der Waals surface area (Å²) in [5, 5.41) is 11.9. The number of hydrogen-bond donors (Lipinski definition) is 2. The van der Waals surface area contributed by atoms with Crippen molar-refractivity contribution in [2.24, 2.45) is 0 Å². The van der Waals surface area contributed by atoms with E-state index in [0.717, 1.165) is 28.5 Å². The maximum absolute atomic E-state index is 8.68. The summed E-state index contributed by atoms with van der Waals surface area (Å²) < 4.78 is 0.